The molecule has 102 valence electrons. The first kappa shape index (κ1) is 15.2. The molecule has 0 unspecified atom stereocenters. The van der Waals surface area contributed by atoms with Crippen LogP contribution >= 0.6 is 11.8 Å². The number of hydrogen-bond donors (Lipinski definition) is 1. The van der Waals surface area contributed by atoms with Gasteiger partial charge >= 0.3 is 0 Å². The predicted molar refractivity (Wildman–Crippen MR) is 80.3 cm³/mol. The van der Waals surface area contributed by atoms with Gasteiger partial charge in [0.2, 0.25) is 0 Å². The summed E-state index contributed by atoms with van der Waals surface area (Å²) in [6.07, 6.45) is 6.97. The summed E-state index contributed by atoms with van der Waals surface area (Å²) < 4.78 is 0. The molecule has 1 heterocycles. The quantitative estimate of drug-likeness (QED) is 0.732. The minimum Gasteiger partial charge on any atom is -0.358 e. The number of rotatable bonds is 8. The van der Waals surface area contributed by atoms with Crippen molar-refractivity contribution in [1.29, 1.82) is 0 Å². The molecule has 0 saturated carbocycles. The van der Waals surface area contributed by atoms with E-state index >= 15 is 0 Å². The van der Waals surface area contributed by atoms with Crippen molar-refractivity contribution < 1.29 is 0 Å². The van der Waals surface area contributed by atoms with Gasteiger partial charge in [-0.1, -0.05) is 13.8 Å². The lowest BCUT2D eigenvalue weighted by molar-refractivity contribution is 0.580. The van der Waals surface area contributed by atoms with Crippen LogP contribution in [0.1, 0.15) is 26.0 Å². The van der Waals surface area contributed by atoms with Crippen molar-refractivity contribution in [3.8, 4) is 0 Å². The number of hydrogen-bond acceptors (Lipinski definition) is 5. The molecule has 1 aromatic rings. The molecule has 5 heteroatoms. The molecule has 0 spiro atoms. The largest absolute Gasteiger partial charge is 0.358 e. The molecule has 18 heavy (non-hydrogen) atoms. The standard InChI is InChI=1S/C13H24N4S/c1-11(2)15-9-12-8-14-10-13(16-12)17(3)6-5-7-18-4/h8,10-11,15H,5-7,9H2,1-4H3. The maximum Gasteiger partial charge on any atom is 0.147 e. The SMILES string of the molecule is CSCCCN(C)c1cncc(CNC(C)C)n1. The summed E-state index contributed by atoms with van der Waals surface area (Å²) in [4.78, 5) is 11.0. The fourth-order valence-corrected chi connectivity index (χ4v) is 1.95. The van der Waals surface area contributed by atoms with E-state index in [2.05, 4.69) is 47.3 Å². The number of aromatic nitrogens is 2. The molecule has 0 saturated heterocycles. The van der Waals surface area contributed by atoms with E-state index in [1.165, 1.54) is 12.2 Å². The van der Waals surface area contributed by atoms with E-state index in [1.807, 2.05) is 24.2 Å². The summed E-state index contributed by atoms with van der Waals surface area (Å²) in [7, 11) is 2.07. The molecule has 1 aromatic heterocycles. The van der Waals surface area contributed by atoms with Gasteiger partial charge in [0.1, 0.15) is 5.82 Å². The fourth-order valence-electron chi connectivity index (χ4n) is 1.53. The lowest BCUT2D eigenvalue weighted by Crippen LogP contribution is -2.24. The van der Waals surface area contributed by atoms with Crippen molar-refractivity contribution in [2.75, 3.05) is 30.5 Å². The summed E-state index contributed by atoms with van der Waals surface area (Å²) in [5, 5.41) is 3.36. The van der Waals surface area contributed by atoms with Gasteiger partial charge in [0, 0.05) is 32.4 Å². The zero-order valence-electron chi connectivity index (χ0n) is 11.8. The van der Waals surface area contributed by atoms with Gasteiger partial charge in [-0.3, -0.25) is 4.98 Å². The van der Waals surface area contributed by atoms with Crippen molar-refractivity contribution in [1.82, 2.24) is 15.3 Å². The Balaban J connectivity index is 2.52. The van der Waals surface area contributed by atoms with Crippen LogP contribution < -0.4 is 10.2 Å². The van der Waals surface area contributed by atoms with Crippen LogP contribution in [0.25, 0.3) is 0 Å². The molecule has 0 aliphatic carbocycles. The maximum absolute atomic E-state index is 4.62. The van der Waals surface area contributed by atoms with Gasteiger partial charge < -0.3 is 10.2 Å². The zero-order chi connectivity index (χ0) is 13.4. The first-order valence-corrected chi connectivity index (χ1v) is 7.77. The summed E-state index contributed by atoms with van der Waals surface area (Å²) in [5.41, 5.74) is 0.998. The van der Waals surface area contributed by atoms with Crippen molar-refractivity contribution in [2.24, 2.45) is 0 Å². The summed E-state index contributed by atoms with van der Waals surface area (Å²) >= 11 is 1.88. The molecule has 4 nitrogen and oxygen atoms in total. The highest BCUT2D eigenvalue weighted by Crippen LogP contribution is 2.09. The number of anilines is 1. The van der Waals surface area contributed by atoms with Gasteiger partial charge in [-0.15, -0.1) is 0 Å². The molecule has 0 aromatic carbocycles. The van der Waals surface area contributed by atoms with E-state index < -0.39 is 0 Å². The third kappa shape index (κ3) is 5.69. The van der Waals surface area contributed by atoms with Crippen LogP contribution in [0, 0.1) is 0 Å². The molecule has 0 bridgehead atoms. The van der Waals surface area contributed by atoms with Gasteiger partial charge in [-0.2, -0.15) is 11.8 Å². The molecule has 0 amide bonds. The Morgan fingerprint density at radius 2 is 2.17 bits per heavy atom. The van der Waals surface area contributed by atoms with Crippen LogP contribution in [0.4, 0.5) is 5.82 Å². The molecule has 0 radical (unpaired) electrons. The smallest absolute Gasteiger partial charge is 0.147 e. The normalized spacial score (nSPS) is 10.9. The van der Waals surface area contributed by atoms with Crippen molar-refractivity contribution >= 4 is 17.6 Å². The summed E-state index contributed by atoms with van der Waals surface area (Å²) in [5.74, 6) is 2.14. The highest BCUT2D eigenvalue weighted by Gasteiger charge is 2.04. The maximum atomic E-state index is 4.62. The lowest BCUT2D eigenvalue weighted by atomic mass is 10.3. The Labute approximate surface area is 115 Å². The Kier molecular flexibility index (Phi) is 7.05. The molecule has 0 aliphatic rings. The molecule has 1 rings (SSSR count). The van der Waals surface area contributed by atoms with E-state index in [9.17, 15) is 0 Å². The fraction of sp³-hybridized carbons (Fsp3) is 0.692. The Bertz CT molecular complexity index is 344. The van der Waals surface area contributed by atoms with Crippen molar-refractivity contribution in [3.05, 3.63) is 18.1 Å². The highest BCUT2D eigenvalue weighted by atomic mass is 32.2. The van der Waals surface area contributed by atoms with Crippen LogP contribution in [-0.2, 0) is 6.54 Å². The van der Waals surface area contributed by atoms with Crippen LogP contribution in [0.5, 0.6) is 0 Å². The third-order valence-electron chi connectivity index (χ3n) is 2.60. The molecule has 0 aliphatic heterocycles. The second-order valence-corrected chi connectivity index (χ2v) is 5.66. The molecule has 1 N–H and O–H groups in total. The van der Waals surface area contributed by atoms with E-state index in [4.69, 9.17) is 0 Å². The number of nitrogens with zero attached hydrogens (tertiary/aromatic N) is 3. The van der Waals surface area contributed by atoms with E-state index in [-0.39, 0.29) is 0 Å². The zero-order valence-corrected chi connectivity index (χ0v) is 12.6. The van der Waals surface area contributed by atoms with Gasteiger partial charge in [-0.05, 0) is 18.4 Å². The van der Waals surface area contributed by atoms with Crippen LogP contribution in [-0.4, -0.2) is 41.6 Å². The Hall–Kier alpha value is -0.810. The number of thioether (sulfide) groups is 1. The minimum absolute atomic E-state index is 0.467. The summed E-state index contributed by atoms with van der Waals surface area (Å²) in [6.45, 7) is 6.06. The highest BCUT2D eigenvalue weighted by molar-refractivity contribution is 7.98. The lowest BCUT2D eigenvalue weighted by Gasteiger charge is -2.18. The van der Waals surface area contributed by atoms with Gasteiger partial charge in [0.05, 0.1) is 11.9 Å². The van der Waals surface area contributed by atoms with E-state index in [1.54, 1.807) is 0 Å². The second-order valence-electron chi connectivity index (χ2n) is 4.67. The molecular formula is C13H24N4S. The Morgan fingerprint density at radius 1 is 1.39 bits per heavy atom. The monoisotopic (exact) mass is 268 g/mol. The van der Waals surface area contributed by atoms with Crippen LogP contribution in [0.15, 0.2) is 12.4 Å². The van der Waals surface area contributed by atoms with E-state index in [0.29, 0.717) is 6.04 Å². The van der Waals surface area contributed by atoms with Crippen LogP contribution in [0.2, 0.25) is 0 Å². The predicted octanol–water partition coefficient (Wildman–Crippen LogP) is 2.16. The topological polar surface area (TPSA) is 41.1 Å². The van der Waals surface area contributed by atoms with Crippen molar-refractivity contribution in [2.45, 2.75) is 32.9 Å². The third-order valence-corrected chi connectivity index (χ3v) is 3.29. The van der Waals surface area contributed by atoms with Crippen molar-refractivity contribution in [3.63, 3.8) is 0 Å². The molecule has 0 atom stereocenters. The summed E-state index contributed by atoms with van der Waals surface area (Å²) in [6, 6.07) is 0.467. The van der Waals surface area contributed by atoms with Gasteiger partial charge in [0.25, 0.3) is 0 Å². The first-order chi connectivity index (χ1) is 8.63. The molecular weight excluding hydrogens is 244 g/mol. The Morgan fingerprint density at radius 3 is 2.83 bits per heavy atom. The van der Waals surface area contributed by atoms with Crippen LogP contribution in [0.3, 0.4) is 0 Å². The second kappa shape index (κ2) is 8.32. The van der Waals surface area contributed by atoms with Gasteiger partial charge in [0.15, 0.2) is 0 Å². The number of nitrogens with one attached hydrogen (secondary N) is 1. The molecule has 0 fully saturated rings. The van der Waals surface area contributed by atoms with E-state index in [0.717, 1.165) is 24.6 Å². The first-order valence-electron chi connectivity index (χ1n) is 6.38. The minimum atomic E-state index is 0.467. The average Bonchev–Trinajstić information content (AvgIpc) is 2.37. The van der Waals surface area contributed by atoms with Gasteiger partial charge in [-0.25, -0.2) is 4.98 Å². The average molecular weight is 268 g/mol.